The summed E-state index contributed by atoms with van der Waals surface area (Å²) in [5.74, 6) is 0.612. The minimum Gasteiger partial charge on any atom is -0.508 e. The van der Waals surface area contributed by atoms with Crippen LogP contribution in [0.25, 0.3) is 12.2 Å². The molecule has 0 radical (unpaired) electrons. The maximum atomic E-state index is 13.3. The lowest BCUT2D eigenvalue weighted by atomic mass is 9.55. The van der Waals surface area contributed by atoms with Gasteiger partial charge in [0.25, 0.3) is 0 Å². The van der Waals surface area contributed by atoms with Crippen LogP contribution in [0.15, 0.2) is 96.6 Å². The molecule has 1 spiro atoms. The van der Waals surface area contributed by atoms with Gasteiger partial charge in [0.1, 0.15) is 12.0 Å². The number of aromatic hydroxyl groups is 1. The summed E-state index contributed by atoms with van der Waals surface area (Å²) in [4.78, 5) is 25.3. The molecule has 2 bridgehead atoms. The quantitative estimate of drug-likeness (QED) is 0.106. The zero-order chi connectivity index (χ0) is 36.8. The summed E-state index contributed by atoms with van der Waals surface area (Å²) in [6.07, 6.45) is 24.3. The molecule has 8 atom stereocenters. The summed E-state index contributed by atoms with van der Waals surface area (Å²) in [7, 11) is 0. The van der Waals surface area contributed by atoms with Gasteiger partial charge in [0.2, 0.25) is 0 Å². The highest BCUT2D eigenvalue weighted by Crippen LogP contribution is 2.52. The number of aldehydes is 1. The van der Waals surface area contributed by atoms with E-state index in [1.54, 1.807) is 12.1 Å². The third kappa shape index (κ3) is 8.31. The Labute approximate surface area is 314 Å². The van der Waals surface area contributed by atoms with Crippen LogP contribution in [0.3, 0.4) is 0 Å². The normalized spacial score (nSPS) is 28.6. The summed E-state index contributed by atoms with van der Waals surface area (Å²) in [5.41, 5.74) is 4.22. The molecule has 4 aliphatic carbocycles. The number of aliphatic carboxylic acids is 1. The van der Waals surface area contributed by atoms with Gasteiger partial charge in [-0.15, -0.1) is 0 Å². The number of benzene rings is 3. The molecule has 5 heteroatoms. The maximum absolute atomic E-state index is 13.3. The summed E-state index contributed by atoms with van der Waals surface area (Å²) >= 11 is 0. The van der Waals surface area contributed by atoms with Gasteiger partial charge in [0.15, 0.2) is 0 Å². The molecule has 3 N–H and O–H groups in total. The van der Waals surface area contributed by atoms with Crippen LogP contribution in [-0.2, 0) is 21.4 Å². The Morgan fingerprint density at radius 3 is 2.38 bits per heavy atom. The van der Waals surface area contributed by atoms with E-state index in [0.717, 1.165) is 94.5 Å². The molecule has 278 valence electrons. The van der Waals surface area contributed by atoms with Gasteiger partial charge in [0.05, 0.1) is 12.5 Å². The Morgan fingerprint density at radius 2 is 1.64 bits per heavy atom. The molecule has 4 aliphatic rings. The molecule has 1 saturated carbocycles. The number of carboxylic acids is 1. The lowest BCUT2D eigenvalue weighted by Crippen LogP contribution is -2.47. The molecular weight excluding hydrogens is 657 g/mol. The molecule has 3 aromatic carbocycles. The van der Waals surface area contributed by atoms with Gasteiger partial charge >= 0.3 is 5.97 Å². The first-order chi connectivity index (χ1) is 25.9. The third-order valence-electron chi connectivity index (χ3n) is 13.4. The average Bonchev–Trinajstić information content (AvgIpc) is 3.66. The Bertz CT molecular complexity index is 1920. The number of aliphatic hydroxyl groups is 1. The molecule has 53 heavy (non-hydrogen) atoms. The highest BCUT2D eigenvalue weighted by atomic mass is 16.4. The van der Waals surface area contributed by atoms with Crippen molar-refractivity contribution in [2.24, 2.45) is 35.5 Å². The molecule has 3 aromatic rings. The van der Waals surface area contributed by atoms with Crippen LogP contribution in [0.5, 0.6) is 5.75 Å². The number of carboxylic acid groups (broad SMARTS) is 1. The molecule has 0 heterocycles. The average molecular weight is 713 g/mol. The van der Waals surface area contributed by atoms with Crippen LogP contribution in [0.4, 0.5) is 0 Å². The zero-order valence-electron chi connectivity index (χ0n) is 31.0. The van der Waals surface area contributed by atoms with Crippen LogP contribution >= 0.6 is 0 Å². The van der Waals surface area contributed by atoms with Crippen molar-refractivity contribution in [1.29, 1.82) is 0 Å². The predicted octanol–water partition coefficient (Wildman–Crippen LogP) is 8.41. The van der Waals surface area contributed by atoms with E-state index < -0.39 is 17.3 Å². The van der Waals surface area contributed by atoms with E-state index in [4.69, 9.17) is 0 Å². The largest absolute Gasteiger partial charge is 0.508 e. The number of phenolic OH excluding ortho intramolecular Hbond substituents is 1. The van der Waals surface area contributed by atoms with E-state index in [9.17, 15) is 24.9 Å². The molecule has 0 saturated heterocycles. The van der Waals surface area contributed by atoms with E-state index >= 15 is 0 Å². The van der Waals surface area contributed by atoms with E-state index in [1.165, 1.54) is 21.6 Å². The number of carbonyl (C=O) groups excluding carboxylic acids is 1. The van der Waals surface area contributed by atoms with Crippen molar-refractivity contribution in [2.75, 3.05) is 6.61 Å². The Kier molecular flexibility index (Phi) is 11.8. The lowest BCUT2D eigenvalue weighted by Gasteiger charge is -2.48. The molecule has 5 nitrogen and oxygen atoms in total. The number of carbonyl (C=O) groups is 2. The second kappa shape index (κ2) is 16.8. The van der Waals surface area contributed by atoms with Crippen molar-refractivity contribution in [3.05, 3.63) is 124 Å². The Balaban J connectivity index is 1.14. The van der Waals surface area contributed by atoms with E-state index in [0.29, 0.717) is 24.2 Å². The van der Waals surface area contributed by atoms with Crippen LogP contribution in [0.2, 0.25) is 0 Å². The fourth-order valence-electron chi connectivity index (χ4n) is 10.5. The number of fused-ring (bicyclic) bond motifs is 5. The van der Waals surface area contributed by atoms with Gasteiger partial charge in [-0.1, -0.05) is 110 Å². The SMILES string of the molecule is O=CC(CCCCCC1CC=CCC(C(=O)O)C2(CCC3C=c4ccccc4=CC3C2)c2cccc(c2)CC1c1ccc(O)cc1)C1C=C(CO)CC1. The van der Waals surface area contributed by atoms with Crippen molar-refractivity contribution in [2.45, 2.75) is 94.8 Å². The van der Waals surface area contributed by atoms with Gasteiger partial charge in [-0.25, -0.2) is 0 Å². The third-order valence-corrected chi connectivity index (χ3v) is 13.4. The molecule has 0 aromatic heterocycles. The lowest BCUT2D eigenvalue weighted by molar-refractivity contribution is -0.145. The van der Waals surface area contributed by atoms with E-state index in [-0.39, 0.29) is 30.1 Å². The Morgan fingerprint density at radius 1 is 0.868 bits per heavy atom. The second-order valence-corrected chi connectivity index (χ2v) is 16.5. The van der Waals surface area contributed by atoms with E-state index in [2.05, 4.69) is 91.0 Å². The second-order valence-electron chi connectivity index (χ2n) is 16.5. The van der Waals surface area contributed by atoms with Crippen LogP contribution in [0.1, 0.15) is 99.7 Å². The zero-order valence-corrected chi connectivity index (χ0v) is 31.0. The minimum atomic E-state index is -0.705. The first kappa shape index (κ1) is 37.1. The van der Waals surface area contributed by atoms with Gasteiger partial charge in [0, 0.05) is 11.3 Å². The molecule has 0 aliphatic heterocycles. The number of rotatable bonds is 11. The van der Waals surface area contributed by atoms with Crippen LogP contribution < -0.4 is 10.4 Å². The van der Waals surface area contributed by atoms with Crippen molar-refractivity contribution >= 4 is 24.4 Å². The summed E-state index contributed by atoms with van der Waals surface area (Å²) in [5, 5.41) is 33.2. The number of aliphatic hydroxyl groups excluding tert-OH is 1. The molecular formula is C48H56O5. The highest BCUT2D eigenvalue weighted by molar-refractivity contribution is 5.73. The fraction of sp³-hybridized carbons (Fsp3) is 0.458. The van der Waals surface area contributed by atoms with Gasteiger partial charge < -0.3 is 20.1 Å². The minimum absolute atomic E-state index is 0.0193. The van der Waals surface area contributed by atoms with Crippen LogP contribution in [-0.4, -0.2) is 34.2 Å². The molecule has 8 unspecified atom stereocenters. The highest BCUT2D eigenvalue weighted by Gasteiger charge is 2.49. The molecule has 7 rings (SSSR count). The summed E-state index contributed by atoms with van der Waals surface area (Å²) in [6.45, 7) is 0.0934. The topological polar surface area (TPSA) is 94.8 Å². The number of unbranched alkanes of at least 4 members (excludes halogenated alkanes) is 2. The number of phenols is 1. The fourth-order valence-corrected chi connectivity index (χ4v) is 10.5. The standard InChI is InChI=1S/C48H56O5/c49-31-34-17-18-39(25-34)41(32-50)14-3-1-2-10-35-11-6-7-16-46(47(52)53)48(24-23-40-28-37-12-4-5-13-38(37)29-42(40)30-48)43-15-8-9-33(26-43)27-45(35)36-19-21-44(51)22-20-36/h4-9,12-13,15,19-22,25-26,28-29,32,35,39-42,45-46,49,51H,1-3,10-11,14,16-18,23-24,27,30-31H2,(H,52,53). The molecule has 1 fully saturated rings. The van der Waals surface area contributed by atoms with Crippen molar-refractivity contribution in [3.63, 3.8) is 0 Å². The van der Waals surface area contributed by atoms with Crippen molar-refractivity contribution < 1.29 is 24.9 Å². The summed E-state index contributed by atoms with van der Waals surface area (Å²) in [6, 6.07) is 25.2. The number of allylic oxidation sites excluding steroid dienone is 3. The van der Waals surface area contributed by atoms with Crippen molar-refractivity contribution in [1.82, 2.24) is 0 Å². The number of hydrogen-bond acceptors (Lipinski definition) is 4. The van der Waals surface area contributed by atoms with Gasteiger partial charge in [-0.05, 0) is 139 Å². The number of hydrogen-bond donors (Lipinski definition) is 3. The van der Waals surface area contributed by atoms with Crippen LogP contribution in [0, 0.1) is 35.5 Å². The van der Waals surface area contributed by atoms with E-state index in [1.807, 2.05) is 0 Å². The Hall–Kier alpha value is -4.22. The van der Waals surface area contributed by atoms with Gasteiger partial charge in [-0.2, -0.15) is 0 Å². The van der Waals surface area contributed by atoms with Crippen molar-refractivity contribution in [3.8, 4) is 5.75 Å². The monoisotopic (exact) mass is 712 g/mol. The summed E-state index contributed by atoms with van der Waals surface area (Å²) < 4.78 is 0. The predicted molar refractivity (Wildman–Crippen MR) is 212 cm³/mol. The first-order valence-corrected chi connectivity index (χ1v) is 20.2. The molecule has 0 amide bonds. The van der Waals surface area contributed by atoms with Gasteiger partial charge in [-0.3, -0.25) is 4.79 Å². The maximum Gasteiger partial charge on any atom is 0.307 e. The first-order valence-electron chi connectivity index (χ1n) is 20.2. The smallest absolute Gasteiger partial charge is 0.307 e.